The Labute approximate surface area is 206 Å². The zero-order valence-electron chi connectivity index (χ0n) is 19.9. The highest BCUT2D eigenvalue weighted by Gasteiger charge is 2.31. The van der Waals surface area contributed by atoms with E-state index in [9.17, 15) is 16.8 Å². The number of aromatic nitrogens is 1. The number of benzene rings is 2. The first kappa shape index (κ1) is 26.3. The van der Waals surface area contributed by atoms with Crippen LogP contribution in [0.5, 0.6) is 0 Å². The normalized spacial score (nSPS) is 12.3. The van der Waals surface area contributed by atoms with Crippen molar-refractivity contribution >= 4 is 36.0 Å². The van der Waals surface area contributed by atoms with E-state index in [1.54, 1.807) is 24.3 Å². The monoisotopic (exact) mass is 521 g/mol. The van der Waals surface area contributed by atoms with Crippen LogP contribution in [0.25, 0.3) is 0 Å². The van der Waals surface area contributed by atoms with Gasteiger partial charge in [-0.3, -0.25) is 0 Å². The SMILES string of the molecule is CCN(CC)CCCNc1sc(S(=O)(=O)c2ccc(C)cc2)nc1S(=O)(=O)c1ccc(C)cc1. The molecule has 2 aromatic carbocycles. The lowest BCUT2D eigenvalue weighted by atomic mass is 10.2. The zero-order valence-corrected chi connectivity index (χ0v) is 22.4. The second-order valence-electron chi connectivity index (χ2n) is 8.05. The van der Waals surface area contributed by atoms with Crippen LogP contribution in [0.2, 0.25) is 0 Å². The number of nitrogens with zero attached hydrogens (tertiary/aromatic N) is 2. The lowest BCUT2D eigenvalue weighted by Crippen LogP contribution is -2.25. The van der Waals surface area contributed by atoms with Crippen LogP contribution in [0.3, 0.4) is 0 Å². The molecule has 1 N–H and O–H groups in total. The Hall–Kier alpha value is -2.27. The van der Waals surface area contributed by atoms with Gasteiger partial charge < -0.3 is 10.2 Å². The molecule has 3 rings (SSSR count). The molecule has 0 saturated heterocycles. The Morgan fingerprint density at radius 2 is 1.32 bits per heavy atom. The molecule has 0 aliphatic carbocycles. The predicted molar refractivity (Wildman–Crippen MR) is 136 cm³/mol. The molecular formula is C24H31N3O4S3. The van der Waals surface area contributed by atoms with E-state index in [0.717, 1.165) is 48.5 Å². The molecular weight excluding hydrogens is 490 g/mol. The molecule has 0 saturated carbocycles. The summed E-state index contributed by atoms with van der Waals surface area (Å²) in [5, 5.41) is 3.13. The minimum atomic E-state index is -4.02. The Balaban J connectivity index is 1.99. The van der Waals surface area contributed by atoms with E-state index in [1.165, 1.54) is 24.3 Å². The summed E-state index contributed by atoms with van der Waals surface area (Å²) in [6.45, 7) is 11.1. The summed E-state index contributed by atoms with van der Waals surface area (Å²) in [7, 11) is -7.98. The number of sulfone groups is 2. The second-order valence-corrected chi connectivity index (χ2v) is 13.0. The van der Waals surface area contributed by atoms with E-state index in [-0.39, 0.29) is 24.2 Å². The van der Waals surface area contributed by atoms with E-state index in [1.807, 2.05) is 13.8 Å². The van der Waals surface area contributed by atoms with E-state index < -0.39 is 19.7 Å². The van der Waals surface area contributed by atoms with Gasteiger partial charge in [0.2, 0.25) is 24.0 Å². The van der Waals surface area contributed by atoms with Crippen molar-refractivity contribution in [3.63, 3.8) is 0 Å². The molecule has 10 heteroatoms. The lowest BCUT2D eigenvalue weighted by molar-refractivity contribution is 0.303. The smallest absolute Gasteiger partial charge is 0.233 e. The third-order valence-corrected chi connectivity index (χ3v) is 10.5. The lowest BCUT2D eigenvalue weighted by Gasteiger charge is -2.17. The first-order valence-corrected chi connectivity index (χ1v) is 15.0. The van der Waals surface area contributed by atoms with Gasteiger partial charge in [-0.05, 0) is 64.2 Å². The Morgan fingerprint density at radius 3 is 1.82 bits per heavy atom. The van der Waals surface area contributed by atoms with Crippen molar-refractivity contribution in [2.75, 3.05) is 31.5 Å². The summed E-state index contributed by atoms with van der Waals surface area (Å²) in [4.78, 5) is 6.60. The van der Waals surface area contributed by atoms with Crippen LogP contribution in [-0.4, -0.2) is 52.9 Å². The first-order valence-electron chi connectivity index (χ1n) is 11.2. The molecule has 7 nitrogen and oxygen atoms in total. The van der Waals surface area contributed by atoms with Gasteiger partial charge in [-0.15, -0.1) is 0 Å². The van der Waals surface area contributed by atoms with Crippen LogP contribution in [0, 0.1) is 13.8 Å². The molecule has 0 fully saturated rings. The maximum absolute atomic E-state index is 13.4. The molecule has 1 aromatic heterocycles. The summed E-state index contributed by atoms with van der Waals surface area (Å²) in [5.41, 5.74) is 1.85. The van der Waals surface area contributed by atoms with Crippen molar-refractivity contribution in [3.8, 4) is 0 Å². The third kappa shape index (κ3) is 5.86. The summed E-state index contributed by atoms with van der Waals surface area (Å²) in [6.07, 6.45) is 0.781. The summed E-state index contributed by atoms with van der Waals surface area (Å²) in [5.74, 6) is 0. The van der Waals surface area contributed by atoms with Gasteiger partial charge in [-0.25, -0.2) is 21.8 Å². The van der Waals surface area contributed by atoms with E-state index >= 15 is 0 Å². The largest absolute Gasteiger partial charge is 0.374 e. The number of thiazole rings is 1. The highest BCUT2D eigenvalue weighted by atomic mass is 32.2. The van der Waals surface area contributed by atoms with Crippen LogP contribution in [0.1, 0.15) is 31.4 Å². The van der Waals surface area contributed by atoms with Crippen molar-refractivity contribution in [3.05, 3.63) is 59.7 Å². The highest BCUT2D eigenvalue weighted by Crippen LogP contribution is 2.36. The average Bonchev–Trinajstić information content (AvgIpc) is 3.26. The molecule has 184 valence electrons. The van der Waals surface area contributed by atoms with Crippen LogP contribution in [0.15, 0.2) is 67.7 Å². The van der Waals surface area contributed by atoms with E-state index in [4.69, 9.17) is 0 Å². The highest BCUT2D eigenvalue weighted by molar-refractivity contribution is 7.94. The Kier molecular flexibility index (Phi) is 8.51. The van der Waals surface area contributed by atoms with Gasteiger partial charge in [0.15, 0.2) is 5.03 Å². The van der Waals surface area contributed by atoms with E-state index in [2.05, 4.69) is 29.0 Å². The minimum Gasteiger partial charge on any atom is -0.374 e. The summed E-state index contributed by atoms with van der Waals surface area (Å²) >= 11 is 0.858. The van der Waals surface area contributed by atoms with Crippen LogP contribution in [-0.2, 0) is 19.7 Å². The molecule has 0 aliphatic rings. The second kappa shape index (κ2) is 11.0. The standard InChI is InChI=1S/C24H31N3O4S3/c1-5-27(6-2)17-7-16-25-22-23(33(28,29)20-12-8-18(3)9-13-20)26-24(32-22)34(30,31)21-14-10-19(4)11-15-21/h8-15,25H,5-7,16-17H2,1-4H3. The van der Waals surface area contributed by atoms with Crippen LogP contribution < -0.4 is 5.32 Å². The van der Waals surface area contributed by atoms with E-state index in [0.29, 0.717) is 6.54 Å². The number of nitrogens with one attached hydrogen (secondary N) is 1. The molecule has 0 spiro atoms. The van der Waals surface area contributed by atoms with Crippen LogP contribution >= 0.6 is 11.3 Å². The van der Waals surface area contributed by atoms with Gasteiger partial charge in [0.25, 0.3) is 0 Å². The topological polar surface area (TPSA) is 96.4 Å². The molecule has 0 atom stereocenters. The van der Waals surface area contributed by atoms with Crippen molar-refractivity contribution in [2.24, 2.45) is 0 Å². The molecule has 0 unspecified atom stereocenters. The van der Waals surface area contributed by atoms with Crippen molar-refractivity contribution < 1.29 is 16.8 Å². The molecule has 0 aliphatic heterocycles. The van der Waals surface area contributed by atoms with Gasteiger partial charge in [0, 0.05) is 6.54 Å². The Morgan fingerprint density at radius 1 is 0.824 bits per heavy atom. The fourth-order valence-corrected chi connectivity index (χ4v) is 7.71. The van der Waals surface area contributed by atoms with Gasteiger partial charge in [-0.1, -0.05) is 60.6 Å². The maximum Gasteiger partial charge on any atom is 0.233 e. The quantitative estimate of drug-likeness (QED) is 0.369. The van der Waals surface area contributed by atoms with Gasteiger partial charge in [0.05, 0.1) is 9.79 Å². The molecule has 34 heavy (non-hydrogen) atoms. The number of hydrogen-bond donors (Lipinski definition) is 1. The molecule has 3 aromatic rings. The van der Waals surface area contributed by atoms with Gasteiger partial charge >= 0.3 is 0 Å². The summed E-state index contributed by atoms with van der Waals surface area (Å²) < 4.78 is 53.1. The molecule has 0 amide bonds. The number of hydrogen-bond acceptors (Lipinski definition) is 8. The summed E-state index contributed by atoms with van der Waals surface area (Å²) in [6, 6.07) is 12.9. The minimum absolute atomic E-state index is 0.0777. The molecule has 0 radical (unpaired) electrons. The maximum atomic E-state index is 13.4. The van der Waals surface area contributed by atoms with Gasteiger partial charge in [-0.2, -0.15) is 0 Å². The zero-order chi connectivity index (χ0) is 24.9. The average molecular weight is 522 g/mol. The molecule has 0 bridgehead atoms. The first-order chi connectivity index (χ1) is 16.1. The Bertz CT molecular complexity index is 1310. The number of anilines is 1. The van der Waals surface area contributed by atoms with Crippen molar-refractivity contribution in [1.29, 1.82) is 0 Å². The molecule has 1 heterocycles. The fourth-order valence-electron chi connectivity index (χ4n) is 3.39. The van der Waals surface area contributed by atoms with Crippen molar-refractivity contribution in [1.82, 2.24) is 9.88 Å². The predicted octanol–water partition coefficient (Wildman–Crippen LogP) is 4.57. The van der Waals surface area contributed by atoms with Crippen molar-refractivity contribution in [2.45, 2.75) is 53.3 Å². The van der Waals surface area contributed by atoms with Gasteiger partial charge in [0.1, 0.15) is 5.00 Å². The van der Waals surface area contributed by atoms with Crippen LogP contribution in [0.4, 0.5) is 5.00 Å². The fraction of sp³-hybridized carbons (Fsp3) is 0.375. The third-order valence-electron chi connectivity index (χ3n) is 5.55. The number of rotatable bonds is 11. The number of aryl methyl sites for hydroxylation is 2.